The van der Waals surface area contributed by atoms with Crippen molar-refractivity contribution in [2.45, 2.75) is 52.4 Å². The van der Waals surface area contributed by atoms with E-state index >= 15 is 0 Å². The maximum Gasteiger partial charge on any atom is 0.153 e. The fraction of sp³-hybridized carbons (Fsp3) is 0.471. The second kappa shape index (κ2) is 5.70. The lowest BCUT2D eigenvalue weighted by Crippen LogP contribution is -2.10. The Labute approximate surface area is 121 Å². The number of benzene rings is 1. The number of nitrogens with one attached hydrogen (secondary N) is 1. The number of aromatic nitrogens is 2. The summed E-state index contributed by atoms with van der Waals surface area (Å²) in [5.74, 6) is 0.597. The topological polar surface area (TPSA) is 54.7 Å². The van der Waals surface area contributed by atoms with Gasteiger partial charge in [-0.1, -0.05) is 58.4 Å². The smallest absolute Gasteiger partial charge is 0.153 e. The highest BCUT2D eigenvalue weighted by Crippen LogP contribution is 2.31. The molecule has 0 atom stereocenters. The second-order valence-electron chi connectivity index (χ2n) is 6.39. The molecule has 1 heterocycles. The molecule has 2 aromatic rings. The minimum atomic E-state index is 0.172. The first-order chi connectivity index (χ1) is 9.43. The van der Waals surface area contributed by atoms with Crippen LogP contribution in [0.1, 0.15) is 51.8 Å². The molecule has 0 amide bonds. The Kier molecular flexibility index (Phi) is 4.17. The molecule has 3 N–H and O–H groups in total. The van der Waals surface area contributed by atoms with Gasteiger partial charge in [-0.15, -0.1) is 0 Å². The molecule has 20 heavy (non-hydrogen) atoms. The van der Waals surface area contributed by atoms with Crippen LogP contribution in [-0.4, -0.2) is 10.2 Å². The highest BCUT2D eigenvalue weighted by atomic mass is 15.2. The van der Waals surface area contributed by atoms with Gasteiger partial charge in [0.25, 0.3) is 0 Å². The zero-order chi connectivity index (χ0) is 14.8. The van der Waals surface area contributed by atoms with Crippen LogP contribution in [0.25, 0.3) is 11.1 Å². The van der Waals surface area contributed by atoms with E-state index in [4.69, 9.17) is 5.73 Å². The van der Waals surface area contributed by atoms with Crippen LogP contribution in [0.3, 0.4) is 0 Å². The number of hydrogen-bond acceptors (Lipinski definition) is 2. The molecule has 0 radical (unpaired) electrons. The van der Waals surface area contributed by atoms with Crippen molar-refractivity contribution in [3.05, 3.63) is 35.5 Å². The lowest BCUT2D eigenvalue weighted by molar-refractivity contribution is 0.590. The summed E-state index contributed by atoms with van der Waals surface area (Å²) in [7, 11) is 0. The van der Waals surface area contributed by atoms with Crippen LogP contribution in [0, 0.1) is 0 Å². The van der Waals surface area contributed by atoms with Gasteiger partial charge >= 0.3 is 0 Å². The summed E-state index contributed by atoms with van der Waals surface area (Å²) in [6, 6.07) is 8.67. The summed E-state index contributed by atoms with van der Waals surface area (Å²) < 4.78 is 0. The highest BCUT2D eigenvalue weighted by molar-refractivity contribution is 5.76. The molecule has 0 saturated heterocycles. The highest BCUT2D eigenvalue weighted by Gasteiger charge is 2.16. The molecule has 3 nitrogen and oxygen atoms in total. The van der Waals surface area contributed by atoms with E-state index in [-0.39, 0.29) is 5.41 Å². The van der Waals surface area contributed by atoms with E-state index in [1.54, 1.807) is 0 Å². The number of anilines is 1. The lowest BCUT2D eigenvalue weighted by Gasteiger charge is -2.19. The number of nitrogens with zero attached hydrogens (tertiary/aromatic N) is 1. The summed E-state index contributed by atoms with van der Waals surface area (Å²) >= 11 is 0. The number of hydrogen-bond donors (Lipinski definition) is 2. The molecule has 2 rings (SSSR count). The van der Waals surface area contributed by atoms with Crippen LogP contribution in [-0.2, 0) is 11.8 Å². The van der Waals surface area contributed by atoms with E-state index < -0.39 is 0 Å². The van der Waals surface area contributed by atoms with E-state index in [9.17, 15) is 0 Å². The van der Waals surface area contributed by atoms with E-state index in [0.717, 1.165) is 29.7 Å². The fourth-order valence-electron chi connectivity index (χ4n) is 2.39. The third kappa shape index (κ3) is 3.03. The Morgan fingerprint density at radius 2 is 1.80 bits per heavy atom. The molecule has 0 fully saturated rings. The van der Waals surface area contributed by atoms with E-state index in [1.807, 2.05) is 0 Å². The number of nitrogens with two attached hydrogens (primary N) is 1. The van der Waals surface area contributed by atoms with Crippen LogP contribution in [0.15, 0.2) is 24.3 Å². The average Bonchev–Trinajstić information content (AvgIpc) is 2.76. The van der Waals surface area contributed by atoms with Gasteiger partial charge in [0.2, 0.25) is 0 Å². The van der Waals surface area contributed by atoms with Crippen molar-refractivity contribution in [1.29, 1.82) is 0 Å². The molecule has 108 valence electrons. The molecule has 0 unspecified atom stereocenters. The Morgan fingerprint density at radius 3 is 2.35 bits per heavy atom. The van der Waals surface area contributed by atoms with Gasteiger partial charge in [-0.3, -0.25) is 5.10 Å². The zero-order valence-corrected chi connectivity index (χ0v) is 13.0. The van der Waals surface area contributed by atoms with Crippen molar-refractivity contribution in [2.75, 3.05) is 5.73 Å². The molecule has 0 aliphatic carbocycles. The minimum absolute atomic E-state index is 0.172. The molecule has 0 bridgehead atoms. The predicted octanol–water partition coefficient (Wildman–Crippen LogP) is 4.30. The van der Waals surface area contributed by atoms with Gasteiger partial charge in [0.15, 0.2) is 5.82 Å². The summed E-state index contributed by atoms with van der Waals surface area (Å²) in [4.78, 5) is 0. The number of nitrogen functional groups attached to an aromatic ring is 1. The predicted molar refractivity (Wildman–Crippen MR) is 85.7 cm³/mol. The molecule has 1 aromatic heterocycles. The van der Waals surface area contributed by atoms with Crippen LogP contribution in [0.2, 0.25) is 0 Å². The Hall–Kier alpha value is -1.77. The van der Waals surface area contributed by atoms with Crippen molar-refractivity contribution < 1.29 is 0 Å². The van der Waals surface area contributed by atoms with Gasteiger partial charge in [0.1, 0.15) is 0 Å². The van der Waals surface area contributed by atoms with Gasteiger partial charge in [-0.2, -0.15) is 5.10 Å². The second-order valence-corrected chi connectivity index (χ2v) is 6.39. The van der Waals surface area contributed by atoms with Crippen LogP contribution in [0.5, 0.6) is 0 Å². The largest absolute Gasteiger partial charge is 0.382 e. The van der Waals surface area contributed by atoms with Crippen molar-refractivity contribution in [1.82, 2.24) is 10.2 Å². The molecule has 0 spiro atoms. The van der Waals surface area contributed by atoms with Crippen LogP contribution >= 0.6 is 0 Å². The Morgan fingerprint density at radius 1 is 1.15 bits per heavy atom. The number of aryl methyl sites for hydroxylation is 1. The van der Waals surface area contributed by atoms with Crippen LogP contribution in [0.4, 0.5) is 5.82 Å². The summed E-state index contributed by atoms with van der Waals surface area (Å²) in [6.07, 6.45) is 3.31. The number of rotatable bonds is 4. The molecule has 3 heteroatoms. The van der Waals surface area contributed by atoms with E-state index in [2.05, 4.69) is 62.2 Å². The van der Waals surface area contributed by atoms with Crippen LogP contribution < -0.4 is 5.73 Å². The third-order valence-electron chi connectivity index (χ3n) is 3.69. The van der Waals surface area contributed by atoms with Gasteiger partial charge in [-0.25, -0.2) is 0 Å². The first-order valence-corrected chi connectivity index (χ1v) is 7.37. The summed E-state index contributed by atoms with van der Waals surface area (Å²) in [5.41, 5.74) is 10.9. The summed E-state index contributed by atoms with van der Waals surface area (Å²) in [6.45, 7) is 8.86. The van der Waals surface area contributed by atoms with E-state index in [0.29, 0.717) is 5.82 Å². The molecular weight excluding hydrogens is 246 g/mol. The van der Waals surface area contributed by atoms with Gasteiger partial charge < -0.3 is 5.73 Å². The quantitative estimate of drug-likeness (QED) is 0.871. The zero-order valence-electron chi connectivity index (χ0n) is 13.0. The number of H-pyrrole nitrogens is 1. The van der Waals surface area contributed by atoms with Crippen molar-refractivity contribution in [3.8, 4) is 11.1 Å². The lowest BCUT2D eigenvalue weighted by atomic mass is 9.86. The first-order valence-electron chi connectivity index (χ1n) is 7.37. The monoisotopic (exact) mass is 271 g/mol. The molecule has 0 aliphatic heterocycles. The van der Waals surface area contributed by atoms with Crippen molar-refractivity contribution in [2.24, 2.45) is 0 Å². The first kappa shape index (κ1) is 14.6. The average molecular weight is 271 g/mol. The Balaban J connectivity index is 2.34. The van der Waals surface area contributed by atoms with Crippen molar-refractivity contribution >= 4 is 5.82 Å². The Bertz CT molecular complexity index is 559. The number of aromatic amines is 1. The fourth-order valence-corrected chi connectivity index (χ4v) is 2.39. The maximum absolute atomic E-state index is 6.03. The standard InChI is InChI=1S/C17H25N3/c1-5-6-7-14-15(16(18)20-19-14)12-8-10-13(11-9-12)17(2,3)4/h8-11H,5-7H2,1-4H3,(H3,18,19,20). The normalized spacial score (nSPS) is 11.8. The van der Waals surface area contributed by atoms with Gasteiger partial charge in [-0.05, 0) is 29.4 Å². The maximum atomic E-state index is 6.03. The SMILES string of the molecule is CCCCc1[nH]nc(N)c1-c1ccc(C(C)(C)C)cc1. The van der Waals surface area contributed by atoms with Gasteiger partial charge in [0, 0.05) is 11.3 Å². The molecular formula is C17H25N3. The third-order valence-corrected chi connectivity index (χ3v) is 3.69. The molecule has 0 aliphatic rings. The number of unbranched alkanes of at least 4 members (excludes halogenated alkanes) is 1. The molecule has 0 saturated carbocycles. The molecule has 1 aromatic carbocycles. The van der Waals surface area contributed by atoms with Gasteiger partial charge in [0.05, 0.1) is 0 Å². The van der Waals surface area contributed by atoms with Crippen molar-refractivity contribution in [3.63, 3.8) is 0 Å². The van der Waals surface area contributed by atoms with E-state index in [1.165, 1.54) is 12.0 Å². The minimum Gasteiger partial charge on any atom is -0.382 e. The summed E-state index contributed by atoms with van der Waals surface area (Å²) in [5, 5.41) is 7.25.